The van der Waals surface area contributed by atoms with Gasteiger partial charge in [-0.3, -0.25) is 0 Å². The topological polar surface area (TPSA) is 56.9 Å². The molecule has 0 unspecified atom stereocenters. The summed E-state index contributed by atoms with van der Waals surface area (Å²) in [5, 5.41) is 25.6. The van der Waals surface area contributed by atoms with Gasteiger partial charge in [-0.25, -0.2) is 4.85 Å². The fourth-order valence-corrected chi connectivity index (χ4v) is 7.61. The predicted molar refractivity (Wildman–Crippen MR) is 208 cm³/mol. The smallest absolute Gasteiger partial charge is 0.194 e. The summed E-state index contributed by atoms with van der Waals surface area (Å²) >= 11 is 0. The molecule has 9 aromatic rings. The molecule has 9 rings (SSSR count). The molecular formula is C47H26N4. The molecule has 0 N–H and O–H groups in total. The minimum atomic E-state index is 0.571. The van der Waals surface area contributed by atoms with Crippen LogP contribution in [0.25, 0.3) is 87.3 Å². The number of aromatic nitrogens is 1. The fourth-order valence-electron chi connectivity index (χ4n) is 7.61. The first-order valence-corrected chi connectivity index (χ1v) is 16.7. The van der Waals surface area contributed by atoms with Crippen molar-refractivity contribution in [2.45, 2.75) is 0 Å². The lowest BCUT2D eigenvalue weighted by Gasteiger charge is -2.19. The summed E-state index contributed by atoms with van der Waals surface area (Å²) in [6.07, 6.45) is 0. The van der Waals surface area contributed by atoms with Crippen molar-refractivity contribution in [3.8, 4) is 51.2 Å². The Kier molecular flexibility index (Phi) is 6.93. The highest BCUT2D eigenvalue weighted by molar-refractivity contribution is 6.22. The molecule has 0 spiro atoms. The van der Waals surface area contributed by atoms with Gasteiger partial charge < -0.3 is 4.57 Å². The molecule has 4 heteroatoms. The number of nitrogens with zero attached hydrogens (tertiary/aromatic N) is 4. The molecule has 0 saturated carbocycles. The van der Waals surface area contributed by atoms with Crippen LogP contribution in [0.1, 0.15) is 11.1 Å². The van der Waals surface area contributed by atoms with Crippen LogP contribution in [0.2, 0.25) is 0 Å². The third-order valence-electron chi connectivity index (χ3n) is 9.84. The summed E-state index contributed by atoms with van der Waals surface area (Å²) in [6, 6.07) is 58.0. The number of hydrogen-bond donors (Lipinski definition) is 0. The summed E-state index contributed by atoms with van der Waals surface area (Å²) in [6.45, 7) is 8.22. The molecule has 0 aliphatic heterocycles. The Morgan fingerprint density at radius 3 is 1.55 bits per heavy atom. The fraction of sp³-hybridized carbons (Fsp3) is 0. The third kappa shape index (κ3) is 4.74. The van der Waals surface area contributed by atoms with Crippen LogP contribution in [-0.2, 0) is 0 Å². The monoisotopic (exact) mass is 646 g/mol. The minimum Gasteiger partial charge on any atom is -0.309 e. The van der Waals surface area contributed by atoms with Crippen molar-refractivity contribution in [3.05, 3.63) is 180 Å². The Bertz CT molecular complexity index is 2870. The highest BCUT2D eigenvalue weighted by Crippen LogP contribution is 2.47. The first-order chi connectivity index (χ1) is 25.2. The van der Waals surface area contributed by atoms with E-state index in [4.69, 9.17) is 6.57 Å². The lowest BCUT2D eigenvalue weighted by molar-refractivity contribution is 1.18. The maximum atomic E-state index is 9.65. The van der Waals surface area contributed by atoms with E-state index in [9.17, 15) is 10.5 Å². The van der Waals surface area contributed by atoms with Gasteiger partial charge in [0.2, 0.25) is 0 Å². The Labute approximate surface area is 294 Å². The van der Waals surface area contributed by atoms with Crippen LogP contribution in [0.5, 0.6) is 0 Å². The number of fused-ring (bicyclic) bond motifs is 5. The Morgan fingerprint density at radius 1 is 0.451 bits per heavy atom. The Balaban J connectivity index is 1.27. The van der Waals surface area contributed by atoms with Gasteiger partial charge in [-0.2, -0.15) is 10.5 Å². The van der Waals surface area contributed by atoms with Crippen molar-refractivity contribution in [2.75, 3.05) is 0 Å². The van der Waals surface area contributed by atoms with Crippen molar-refractivity contribution < 1.29 is 0 Å². The van der Waals surface area contributed by atoms with Gasteiger partial charge in [-0.1, -0.05) is 109 Å². The van der Waals surface area contributed by atoms with E-state index in [1.807, 2.05) is 54.6 Å². The summed E-state index contributed by atoms with van der Waals surface area (Å²) in [4.78, 5) is 4.03. The Morgan fingerprint density at radius 2 is 0.980 bits per heavy atom. The normalized spacial score (nSPS) is 11.1. The van der Waals surface area contributed by atoms with Crippen LogP contribution in [0.3, 0.4) is 0 Å². The van der Waals surface area contributed by atoms with Gasteiger partial charge in [0.15, 0.2) is 5.69 Å². The largest absolute Gasteiger partial charge is 0.309 e. The SMILES string of the molecule is [C-]#[N+]c1ccc(-c2cccc(-n3c4ccc(C#N)cc4c4cc(C#N)ccc43)c2)cc1-c1c2ccccc2c(-c2ccccc2)c2ccccc12. The molecule has 0 atom stereocenters. The van der Waals surface area contributed by atoms with E-state index in [1.54, 1.807) is 0 Å². The van der Waals surface area contributed by atoms with Gasteiger partial charge >= 0.3 is 0 Å². The average molecular weight is 647 g/mol. The third-order valence-corrected chi connectivity index (χ3v) is 9.84. The molecule has 8 aromatic carbocycles. The average Bonchev–Trinajstić information content (AvgIpc) is 3.52. The van der Waals surface area contributed by atoms with Crippen LogP contribution < -0.4 is 0 Å². The Hall–Kier alpha value is -7.45. The van der Waals surface area contributed by atoms with Gasteiger partial charge in [0, 0.05) is 16.5 Å². The van der Waals surface area contributed by atoms with Crippen molar-refractivity contribution >= 4 is 49.0 Å². The molecular weight excluding hydrogens is 621 g/mol. The van der Waals surface area contributed by atoms with Crippen molar-refractivity contribution in [2.24, 2.45) is 0 Å². The first-order valence-electron chi connectivity index (χ1n) is 16.7. The minimum absolute atomic E-state index is 0.571. The molecule has 0 fully saturated rings. The van der Waals surface area contributed by atoms with E-state index < -0.39 is 0 Å². The molecule has 0 saturated heterocycles. The number of nitriles is 2. The summed E-state index contributed by atoms with van der Waals surface area (Å²) in [5.74, 6) is 0. The van der Waals surface area contributed by atoms with Crippen LogP contribution in [0.15, 0.2) is 158 Å². The molecule has 1 heterocycles. The molecule has 51 heavy (non-hydrogen) atoms. The summed E-state index contributed by atoms with van der Waals surface area (Å²) in [5.41, 5.74) is 10.9. The highest BCUT2D eigenvalue weighted by Gasteiger charge is 2.20. The van der Waals surface area contributed by atoms with Crippen LogP contribution >= 0.6 is 0 Å². The maximum absolute atomic E-state index is 9.65. The second kappa shape index (κ2) is 11.9. The number of benzene rings is 8. The first kappa shape index (κ1) is 29.7. The van der Waals surface area contributed by atoms with Gasteiger partial charge in [0.05, 0.1) is 40.9 Å². The van der Waals surface area contributed by atoms with Crippen LogP contribution in [0, 0.1) is 29.2 Å². The number of rotatable bonds is 4. The second-order valence-electron chi connectivity index (χ2n) is 12.6. The van der Waals surface area contributed by atoms with Crippen molar-refractivity contribution in [3.63, 3.8) is 0 Å². The molecule has 234 valence electrons. The summed E-state index contributed by atoms with van der Waals surface area (Å²) in [7, 11) is 0. The lowest BCUT2D eigenvalue weighted by Crippen LogP contribution is -1.95. The van der Waals surface area contributed by atoms with Crippen molar-refractivity contribution in [1.29, 1.82) is 10.5 Å². The second-order valence-corrected chi connectivity index (χ2v) is 12.6. The van der Waals surface area contributed by atoms with Crippen LogP contribution in [-0.4, -0.2) is 4.57 Å². The zero-order valence-corrected chi connectivity index (χ0v) is 27.3. The van der Waals surface area contributed by atoms with E-state index in [0.717, 1.165) is 76.9 Å². The lowest BCUT2D eigenvalue weighted by atomic mass is 9.85. The predicted octanol–water partition coefficient (Wildman–Crippen LogP) is 12.4. The van der Waals surface area contributed by atoms with Gasteiger partial charge in [0.1, 0.15) is 0 Å². The van der Waals surface area contributed by atoms with Crippen molar-refractivity contribution in [1.82, 2.24) is 4.57 Å². The molecule has 0 amide bonds. The number of hydrogen-bond acceptors (Lipinski definition) is 2. The molecule has 0 radical (unpaired) electrons. The molecule has 0 aliphatic rings. The maximum Gasteiger partial charge on any atom is 0.194 e. The molecule has 1 aromatic heterocycles. The summed E-state index contributed by atoms with van der Waals surface area (Å²) < 4.78 is 2.19. The van der Waals surface area contributed by atoms with E-state index >= 15 is 0 Å². The van der Waals surface area contributed by atoms with Gasteiger partial charge in [0.25, 0.3) is 0 Å². The standard InChI is InChI=1S/C47H26N4/c1-50-43-21-20-34(27-42(43)47-38-16-7-5-14-36(38)46(32-10-3-2-4-11-32)37-15-6-8-17-39(37)47)33-12-9-13-35(26-33)51-44-22-18-30(28-48)24-40(44)41-25-31(29-49)19-23-45(41)51/h2-27H. The van der Waals surface area contributed by atoms with Crippen LogP contribution in [0.4, 0.5) is 5.69 Å². The molecule has 4 nitrogen and oxygen atoms in total. The van der Waals surface area contributed by atoms with E-state index in [1.165, 1.54) is 5.56 Å². The van der Waals surface area contributed by atoms with E-state index in [-0.39, 0.29) is 0 Å². The molecule has 0 bridgehead atoms. The highest BCUT2D eigenvalue weighted by atomic mass is 15.0. The zero-order valence-electron chi connectivity index (χ0n) is 27.3. The zero-order chi connectivity index (χ0) is 34.5. The molecule has 0 aliphatic carbocycles. The van der Waals surface area contributed by atoms with E-state index in [2.05, 4.69) is 125 Å². The van der Waals surface area contributed by atoms with Gasteiger partial charge in [-0.15, -0.1) is 0 Å². The quantitative estimate of drug-likeness (QED) is 0.141. The van der Waals surface area contributed by atoms with Gasteiger partial charge in [-0.05, 0) is 103 Å². The van der Waals surface area contributed by atoms with E-state index in [0.29, 0.717) is 16.8 Å².